The molecule has 1 rings (SSSR count). The summed E-state index contributed by atoms with van der Waals surface area (Å²) in [5.74, 6) is 1.15. The summed E-state index contributed by atoms with van der Waals surface area (Å²) in [6.45, 7) is 2.01. The molecule has 0 saturated carbocycles. The molecule has 0 aliphatic heterocycles. The van der Waals surface area contributed by atoms with Gasteiger partial charge in [-0.2, -0.15) is 5.10 Å². The highest BCUT2D eigenvalue weighted by atomic mass is 16.5. The summed E-state index contributed by atoms with van der Waals surface area (Å²) >= 11 is 0. The Balaban J connectivity index is 2.77. The number of amides is 1. The molecule has 1 amide bonds. The Morgan fingerprint density at radius 3 is 2.78 bits per heavy atom. The number of carbonyl (C=O) groups excluding carboxylic acids is 1. The van der Waals surface area contributed by atoms with Crippen LogP contribution in [0.25, 0.3) is 0 Å². The quantitative estimate of drug-likeness (QED) is 0.640. The number of benzene rings is 1. The molecule has 0 radical (unpaired) electrons. The smallest absolute Gasteiger partial charge is 0.427 e. The molecule has 0 saturated heterocycles. The number of carbonyl (C=O) groups is 1. The number of hydrogen-bond acceptors (Lipinski definition) is 5. The van der Waals surface area contributed by atoms with E-state index in [-0.39, 0.29) is 0 Å². The third-order valence-electron chi connectivity index (χ3n) is 2.07. The van der Waals surface area contributed by atoms with E-state index in [2.05, 4.69) is 15.3 Å². The van der Waals surface area contributed by atoms with E-state index < -0.39 is 6.09 Å². The zero-order valence-electron chi connectivity index (χ0n) is 10.6. The Kier molecular flexibility index (Phi) is 5.50. The van der Waals surface area contributed by atoms with Gasteiger partial charge >= 0.3 is 6.09 Å². The van der Waals surface area contributed by atoms with Crippen molar-refractivity contribution in [3.63, 3.8) is 0 Å². The average molecular weight is 252 g/mol. The molecule has 0 unspecified atom stereocenters. The van der Waals surface area contributed by atoms with Gasteiger partial charge in [0.15, 0.2) is 11.5 Å². The van der Waals surface area contributed by atoms with Crippen molar-refractivity contribution in [2.45, 2.75) is 6.92 Å². The summed E-state index contributed by atoms with van der Waals surface area (Å²) in [6, 6.07) is 5.36. The van der Waals surface area contributed by atoms with Crippen LogP contribution in [-0.2, 0) is 4.74 Å². The highest BCUT2D eigenvalue weighted by Gasteiger charge is 2.07. The van der Waals surface area contributed by atoms with Crippen molar-refractivity contribution in [3.05, 3.63) is 23.8 Å². The Labute approximate surface area is 106 Å². The molecule has 0 fully saturated rings. The lowest BCUT2D eigenvalue weighted by Gasteiger charge is -2.09. The molecular formula is C12H16N2O4. The summed E-state index contributed by atoms with van der Waals surface area (Å²) in [6.07, 6.45) is 0.855. The van der Waals surface area contributed by atoms with Gasteiger partial charge < -0.3 is 14.2 Å². The lowest BCUT2D eigenvalue weighted by atomic mass is 10.2. The van der Waals surface area contributed by atoms with Crippen molar-refractivity contribution in [2.24, 2.45) is 5.10 Å². The van der Waals surface area contributed by atoms with Crippen molar-refractivity contribution < 1.29 is 19.0 Å². The summed E-state index contributed by atoms with van der Waals surface area (Å²) in [4.78, 5) is 11.0. The van der Waals surface area contributed by atoms with E-state index in [0.717, 1.165) is 0 Å². The molecule has 98 valence electrons. The van der Waals surface area contributed by atoms with Crippen LogP contribution in [-0.4, -0.2) is 33.1 Å². The van der Waals surface area contributed by atoms with E-state index in [1.54, 1.807) is 32.2 Å². The van der Waals surface area contributed by atoms with Gasteiger partial charge in [-0.05, 0) is 19.1 Å². The Morgan fingerprint density at radius 2 is 2.17 bits per heavy atom. The van der Waals surface area contributed by atoms with Crippen LogP contribution >= 0.6 is 0 Å². The topological polar surface area (TPSA) is 69.2 Å². The molecule has 0 heterocycles. The molecule has 0 atom stereocenters. The molecule has 1 aromatic carbocycles. The van der Waals surface area contributed by atoms with Crippen LogP contribution in [0, 0.1) is 0 Å². The van der Waals surface area contributed by atoms with Crippen molar-refractivity contribution in [1.82, 2.24) is 5.43 Å². The third kappa shape index (κ3) is 3.65. The molecule has 0 aliphatic rings. The maximum Gasteiger partial charge on any atom is 0.427 e. The molecule has 0 aliphatic carbocycles. The first-order valence-corrected chi connectivity index (χ1v) is 5.39. The maximum atomic E-state index is 11.0. The van der Waals surface area contributed by atoms with E-state index in [0.29, 0.717) is 23.7 Å². The van der Waals surface area contributed by atoms with E-state index in [4.69, 9.17) is 9.47 Å². The second-order valence-electron chi connectivity index (χ2n) is 3.17. The van der Waals surface area contributed by atoms with Crippen LogP contribution in [0.15, 0.2) is 23.3 Å². The van der Waals surface area contributed by atoms with E-state index in [9.17, 15) is 4.79 Å². The molecule has 18 heavy (non-hydrogen) atoms. The fourth-order valence-electron chi connectivity index (χ4n) is 1.33. The predicted molar refractivity (Wildman–Crippen MR) is 67.3 cm³/mol. The number of hydrogen-bond donors (Lipinski definition) is 1. The Morgan fingerprint density at radius 1 is 1.39 bits per heavy atom. The van der Waals surface area contributed by atoms with Gasteiger partial charge in [0.05, 0.1) is 27.0 Å². The largest absolute Gasteiger partial charge is 0.493 e. The average Bonchev–Trinajstić information content (AvgIpc) is 2.38. The molecular weight excluding hydrogens is 236 g/mol. The fourth-order valence-corrected chi connectivity index (χ4v) is 1.33. The van der Waals surface area contributed by atoms with Gasteiger partial charge in [-0.25, -0.2) is 10.2 Å². The normalized spacial score (nSPS) is 10.2. The van der Waals surface area contributed by atoms with Crippen LogP contribution in [0.2, 0.25) is 0 Å². The SMILES string of the molecule is CCOC(=O)N/N=C/c1cccc(OC)c1OC. The molecule has 0 aromatic heterocycles. The summed E-state index contributed by atoms with van der Waals surface area (Å²) in [5, 5.41) is 3.76. The minimum absolute atomic E-state index is 0.295. The minimum atomic E-state index is -0.601. The standard InChI is InChI=1S/C12H16N2O4/c1-4-18-12(15)14-13-8-9-6-5-7-10(16-2)11(9)17-3/h5-8H,4H2,1-3H3,(H,14,15)/b13-8+. The van der Waals surface area contributed by atoms with Crippen LogP contribution in [0.3, 0.4) is 0 Å². The van der Waals surface area contributed by atoms with Crippen LogP contribution in [0.4, 0.5) is 4.79 Å². The molecule has 0 bridgehead atoms. The lowest BCUT2D eigenvalue weighted by molar-refractivity contribution is 0.152. The second-order valence-corrected chi connectivity index (χ2v) is 3.17. The van der Waals surface area contributed by atoms with Gasteiger partial charge in [0.2, 0.25) is 0 Å². The minimum Gasteiger partial charge on any atom is -0.493 e. The monoisotopic (exact) mass is 252 g/mol. The van der Waals surface area contributed by atoms with Gasteiger partial charge in [0.25, 0.3) is 0 Å². The fraction of sp³-hybridized carbons (Fsp3) is 0.333. The lowest BCUT2D eigenvalue weighted by Crippen LogP contribution is -2.18. The zero-order valence-corrected chi connectivity index (χ0v) is 10.6. The van der Waals surface area contributed by atoms with Crippen molar-refractivity contribution in [2.75, 3.05) is 20.8 Å². The first-order chi connectivity index (χ1) is 8.72. The van der Waals surface area contributed by atoms with Crippen LogP contribution in [0.5, 0.6) is 11.5 Å². The first-order valence-electron chi connectivity index (χ1n) is 5.39. The second kappa shape index (κ2) is 7.16. The number of para-hydroxylation sites is 1. The molecule has 1 aromatic rings. The first kappa shape index (κ1) is 13.8. The Hall–Kier alpha value is -2.24. The number of ether oxygens (including phenoxy) is 3. The van der Waals surface area contributed by atoms with Gasteiger partial charge in [-0.1, -0.05) is 6.07 Å². The van der Waals surface area contributed by atoms with Crippen molar-refractivity contribution >= 4 is 12.3 Å². The van der Waals surface area contributed by atoms with Gasteiger partial charge in [0, 0.05) is 5.56 Å². The predicted octanol–water partition coefficient (Wildman–Crippen LogP) is 1.78. The van der Waals surface area contributed by atoms with Crippen molar-refractivity contribution in [3.8, 4) is 11.5 Å². The highest BCUT2D eigenvalue weighted by Crippen LogP contribution is 2.29. The summed E-state index contributed by atoms with van der Waals surface area (Å²) in [7, 11) is 3.09. The number of nitrogens with zero attached hydrogens (tertiary/aromatic N) is 1. The summed E-state index contributed by atoms with van der Waals surface area (Å²) in [5.41, 5.74) is 2.92. The third-order valence-corrected chi connectivity index (χ3v) is 2.07. The van der Waals surface area contributed by atoms with E-state index in [1.165, 1.54) is 13.3 Å². The van der Waals surface area contributed by atoms with Crippen molar-refractivity contribution in [1.29, 1.82) is 0 Å². The van der Waals surface area contributed by atoms with Crippen LogP contribution in [0.1, 0.15) is 12.5 Å². The van der Waals surface area contributed by atoms with Gasteiger partial charge in [-0.3, -0.25) is 0 Å². The number of hydrazone groups is 1. The van der Waals surface area contributed by atoms with Gasteiger partial charge in [-0.15, -0.1) is 0 Å². The highest BCUT2D eigenvalue weighted by molar-refractivity contribution is 5.85. The zero-order chi connectivity index (χ0) is 13.4. The molecule has 6 heteroatoms. The number of methoxy groups -OCH3 is 2. The molecule has 1 N–H and O–H groups in total. The number of nitrogens with one attached hydrogen (secondary N) is 1. The summed E-state index contributed by atoms with van der Waals surface area (Å²) < 4.78 is 15.0. The molecule has 0 spiro atoms. The van der Waals surface area contributed by atoms with Gasteiger partial charge in [0.1, 0.15) is 0 Å². The maximum absolute atomic E-state index is 11.0. The molecule has 6 nitrogen and oxygen atoms in total. The van der Waals surface area contributed by atoms with E-state index in [1.807, 2.05) is 0 Å². The Bertz CT molecular complexity index is 432. The number of rotatable bonds is 5. The van der Waals surface area contributed by atoms with Crippen LogP contribution < -0.4 is 14.9 Å². The van der Waals surface area contributed by atoms with E-state index >= 15 is 0 Å².